The summed E-state index contributed by atoms with van der Waals surface area (Å²) in [4.78, 5) is 0. The van der Waals surface area contributed by atoms with Crippen LogP contribution in [0, 0.1) is 0 Å². The van der Waals surface area contributed by atoms with E-state index in [9.17, 15) is 0 Å². The van der Waals surface area contributed by atoms with Gasteiger partial charge in [0.15, 0.2) is 0 Å². The predicted molar refractivity (Wildman–Crippen MR) is 227 cm³/mol. The minimum atomic E-state index is -1.36. The second kappa shape index (κ2) is 19.6. The van der Waals surface area contributed by atoms with Crippen LogP contribution in [-0.4, -0.2) is 34.5 Å². The third-order valence-corrected chi connectivity index (χ3v) is 26.3. The second-order valence-corrected chi connectivity index (χ2v) is 26.1. The number of rotatable bonds is 9. The van der Waals surface area contributed by atoms with Gasteiger partial charge in [-0.15, -0.1) is 35.8 Å². The first-order valence-electron chi connectivity index (χ1n) is 18.3. The topological polar surface area (TPSA) is 18.5 Å². The number of fused-ring (bicyclic) bond motifs is 2. The SMILES string of the molecule is C=C.CC.CC.CC[Si](CC)(CC)c1cc2cccc(B3OC(C)(C)C(C)(C)O3)c2s1.CC[Si](CC)(CC)c1cc2ccccc2s1. The van der Waals surface area contributed by atoms with Gasteiger partial charge in [-0.1, -0.05) is 142 Å². The smallest absolute Gasteiger partial charge is 0.399 e. The molecule has 1 saturated heterocycles. The average Bonchev–Trinajstić information content (AvgIpc) is 3.80. The van der Waals surface area contributed by atoms with E-state index in [1.807, 2.05) is 50.4 Å². The number of benzene rings is 2. The maximum absolute atomic E-state index is 6.33. The van der Waals surface area contributed by atoms with Gasteiger partial charge in [-0.2, -0.15) is 0 Å². The van der Waals surface area contributed by atoms with E-state index in [0.29, 0.717) is 0 Å². The molecule has 0 spiro atoms. The van der Waals surface area contributed by atoms with Crippen LogP contribution >= 0.6 is 22.7 Å². The summed E-state index contributed by atoms with van der Waals surface area (Å²) in [6.45, 7) is 36.7. The van der Waals surface area contributed by atoms with Crippen molar-refractivity contribution >= 4 is 80.6 Å². The Kier molecular flexibility index (Phi) is 18.2. The zero-order valence-electron chi connectivity index (χ0n) is 32.6. The lowest BCUT2D eigenvalue weighted by Gasteiger charge is -2.32. The van der Waals surface area contributed by atoms with Crippen molar-refractivity contribution in [3.63, 3.8) is 0 Å². The second-order valence-electron chi connectivity index (χ2n) is 12.8. The number of hydrogen-bond acceptors (Lipinski definition) is 4. The van der Waals surface area contributed by atoms with Gasteiger partial charge in [0.1, 0.15) is 0 Å². The van der Waals surface area contributed by atoms with E-state index in [1.54, 1.807) is 9.00 Å². The highest BCUT2D eigenvalue weighted by molar-refractivity contribution is 7.33. The van der Waals surface area contributed by atoms with Crippen LogP contribution in [0.5, 0.6) is 0 Å². The molecule has 7 heteroatoms. The van der Waals surface area contributed by atoms with Crippen LogP contribution < -0.4 is 14.5 Å². The van der Waals surface area contributed by atoms with Gasteiger partial charge in [0.2, 0.25) is 0 Å². The van der Waals surface area contributed by atoms with Crippen LogP contribution in [0.1, 0.15) is 96.9 Å². The van der Waals surface area contributed by atoms with Crippen LogP contribution in [0.4, 0.5) is 0 Å². The number of thiophene rings is 2. The lowest BCUT2D eigenvalue weighted by Crippen LogP contribution is -2.43. The van der Waals surface area contributed by atoms with Gasteiger partial charge in [0.05, 0.1) is 27.3 Å². The normalized spacial score (nSPS) is 15.0. The Morgan fingerprint density at radius 3 is 1.45 bits per heavy atom. The molecule has 0 saturated carbocycles. The molecule has 0 bridgehead atoms. The lowest BCUT2D eigenvalue weighted by molar-refractivity contribution is 0.00578. The highest BCUT2D eigenvalue weighted by Crippen LogP contribution is 2.38. The summed E-state index contributed by atoms with van der Waals surface area (Å²) in [5.74, 6) is 0. The highest BCUT2D eigenvalue weighted by atomic mass is 32.1. The van der Waals surface area contributed by atoms with Gasteiger partial charge in [0.25, 0.3) is 0 Å². The van der Waals surface area contributed by atoms with Crippen molar-refractivity contribution in [1.82, 2.24) is 0 Å². The van der Waals surface area contributed by atoms with E-state index >= 15 is 0 Å². The maximum atomic E-state index is 6.33. The van der Waals surface area contributed by atoms with E-state index in [4.69, 9.17) is 9.31 Å². The van der Waals surface area contributed by atoms with Crippen LogP contribution in [0.3, 0.4) is 0 Å². The fraction of sp³-hybridized carbons (Fsp3) is 0.550. The molecule has 0 N–H and O–H groups in total. The van der Waals surface area contributed by atoms with Crippen LogP contribution in [0.15, 0.2) is 67.8 Å². The Balaban J connectivity index is 0.000000433. The Morgan fingerprint density at radius 2 is 1.00 bits per heavy atom. The van der Waals surface area contributed by atoms with E-state index < -0.39 is 16.1 Å². The molecule has 1 aliphatic rings. The highest BCUT2D eigenvalue weighted by Gasteiger charge is 2.52. The molecule has 2 nitrogen and oxygen atoms in total. The third kappa shape index (κ3) is 9.40. The predicted octanol–water partition coefficient (Wildman–Crippen LogP) is 12.4. The Bertz CT molecular complexity index is 1400. The molecule has 2 aromatic carbocycles. The Morgan fingerprint density at radius 1 is 0.596 bits per heavy atom. The molecule has 0 atom stereocenters. The van der Waals surface area contributed by atoms with Crippen LogP contribution in [0.25, 0.3) is 20.2 Å². The summed E-state index contributed by atoms with van der Waals surface area (Å²) in [6.07, 6.45) is 0. The van der Waals surface area contributed by atoms with Crippen molar-refractivity contribution in [3.8, 4) is 0 Å². The van der Waals surface area contributed by atoms with Crippen molar-refractivity contribution in [3.05, 3.63) is 67.8 Å². The molecule has 47 heavy (non-hydrogen) atoms. The Hall–Kier alpha value is -1.48. The van der Waals surface area contributed by atoms with Crippen molar-refractivity contribution in [1.29, 1.82) is 0 Å². The fourth-order valence-corrected chi connectivity index (χ4v) is 19.0. The van der Waals surface area contributed by atoms with Gasteiger partial charge < -0.3 is 9.31 Å². The average molecular weight is 711 g/mol. The Labute approximate surface area is 300 Å². The molecular weight excluding hydrogens is 644 g/mol. The zero-order chi connectivity index (χ0) is 36.1. The van der Waals surface area contributed by atoms with Gasteiger partial charge in [-0.25, -0.2) is 0 Å². The van der Waals surface area contributed by atoms with E-state index in [-0.39, 0.29) is 18.3 Å². The van der Waals surface area contributed by atoms with E-state index in [2.05, 4.69) is 137 Å². The summed E-state index contributed by atoms with van der Waals surface area (Å²) in [7, 11) is -2.79. The summed E-state index contributed by atoms with van der Waals surface area (Å²) in [5.41, 5.74) is 0.599. The number of hydrogen-bond donors (Lipinski definition) is 0. The molecular formula is C40H67BO2S2Si2. The summed E-state index contributed by atoms with van der Waals surface area (Å²) < 4.78 is 18.8. The van der Waals surface area contributed by atoms with Crippen LogP contribution in [-0.2, 0) is 9.31 Å². The standard InChI is InChI=1S/C20H31BO2SSi.C14H20SSi.2C2H6.C2H4/c1-8-25(9-2,10-3)17-14-15-12-11-13-16(18(15)24-17)21-22-19(4,5)20(6,7)23-21;1-4-16(5-2,6-3)14-11-12-9-7-8-10-13(12)15-14;3*1-2/h11-14H,8-10H2,1-7H3;7-11H,4-6H2,1-3H3;2*1-2H3;1-2H2. The molecule has 0 unspecified atom stereocenters. The summed E-state index contributed by atoms with van der Waals surface area (Å²) >= 11 is 4.03. The van der Waals surface area contributed by atoms with Gasteiger partial charge in [-0.3, -0.25) is 0 Å². The quantitative estimate of drug-likeness (QED) is 0.127. The first-order valence-corrected chi connectivity index (χ1v) is 25.2. The van der Waals surface area contributed by atoms with Crippen molar-refractivity contribution in [2.75, 3.05) is 0 Å². The molecule has 4 aromatic rings. The van der Waals surface area contributed by atoms with Gasteiger partial charge in [-0.05, 0) is 65.7 Å². The fourth-order valence-electron chi connectivity index (χ4n) is 6.29. The minimum Gasteiger partial charge on any atom is -0.399 e. The van der Waals surface area contributed by atoms with E-state index in [1.165, 1.54) is 61.9 Å². The van der Waals surface area contributed by atoms with Gasteiger partial charge in [0, 0.05) is 14.9 Å². The van der Waals surface area contributed by atoms with Crippen molar-refractivity contribution in [2.45, 2.75) is 144 Å². The molecule has 262 valence electrons. The zero-order valence-corrected chi connectivity index (χ0v) is 36.2. The monoisotopic (exact) mass is 710 g/mol. The summed E-state index contributed by atoms with van der Waals surface area (Å²) in [5, 5.41) is 2.79. The maximum Gasteiger partial charge on any atom is 0.496 e. The molecule has 0 aliphatic carbocycles. The first kappa shape index (κ1) is 43.5. The summed E-state index contributed by atoms with van der Waals surface area (Å²) in [6, 6.07) is 28.4. The van der Waals surface area contributed by atoms with Crippen molar-refractivity contribution in [2.24, 2.45) is 0 Å². The largest absolute Gasteiger partial charge is 0.496 e. The van der Waals surface area contributed by atoms with Crippen LogP contribution in [0.2, 0.25) is 36.3 Å². The minimum absolute atomic E-state index is 0.277. The molecule has 5 rings (SSSR count). The third-order valence-electron chi connectivity index (χ3n) is 10.6. The molecule has 1 aliphatic heterocycles. The lowest BCUT2D eigenvalue weighted by atomic mass is 9.78. The van der Waals surface area contributed by atoms with Gasteiger partial charge >= 0.3 is 7.12 Å². The molecule has 3 heterocycles. The molecule has 0 radical (unpaired) electrons. The molecule has 0 amide bonds. The molecule has 2 aromatic heterocycles. The van der Waals surface area contributed by atoms with E-state index in [0.717, 1.165) is 0 Å². The van der Waals surface area contributed by atoms with Crippen molar-refractivity contribution < 1.29 is 9.31 Å². The first-order chi connectivity index (χ1) is 22.4. The molecule has 1 fully saturated rings.